The van der Waals surface area contributed by atoms with Crippen molar-refractivity contribution in [2.75, 3.05) is 0 Å². The number of amides is 1. The minimum absolute atomic E-state index is 0.0795. The molecular weight excluding hydrogens is 419 g/mol. The number of aromatic nitrogens is 1. The molecule has 1 aromatic heterocycles. The van der Waals surface area contributed by atoms with Crippen molar-refractivity contribution in [3.8, 4) is 0 Å². The number of para-hydroxylation sites is 1. The molecule has 0 saturated heterocycles. The Kier molecular flexibility index (Phi) is 9.31. The van der Waals surface area contributed by atoms with Crippen LogP contribution in [0.25, 0.3) is 16.6 Å². The first-order valence-corrected chi connectivity index (χ1v) is 9.83. The minimum atomic E-state index is -4.28. The van der Waals surface area contributed by atoms with Gasteiger partial charge in [-0.15, -0.1) is 0 Å². The molecule has 0 aliphatic heterocycles. The Balaban J connectivity index is 0.000000347. The molecule has 6 N–H and O–H groups in total. The molecule has 0 unspecified atom stereocenters. The van der Waals surface area contributed by atoms with Gasteiger partial charge in [0.05, 0.1) is 11.1 Å². The first kappa shape index (κ1) is 26.5. The van der Waals surface area contributed by atoms with Crippen LogP contribution in [0.5, 0.6) is 0 Å². The van der Waals surface area contributed by atoms with Gasteiger partial charge >= 0.3 is 6.18 Å². The van der Waals surface area contributed by atoms with E-state index in [1.165, 1.54) is 0 Å². The average molecular weight is 450 g/mol. The highest BCUT2D eigenvalue weighted by atomic mass is 19.4. The molecule has 0 radical (unpaired) electrons. The van der Waals surface area contributed by atoms with Gasteiger partial charge in [0.1, 0.15) is 0 Å². The molecule has 0 atom stereocenters. The van der Waals surface area contributed by atoms with Crippen LogP contribution >= 0.6 is 0 Å². The normalized spacial score (nSPS) is 12.5. The van der Waals surface area contributed by atoms with Crippen LogP contribution in [-0.4, -0.2) is 22.6 Å². The monoisotopic (exact) mass is 449 g/mol. The third-order valence-electron chi connectivity index (χ3n) is 4.85. The molecule has 0 aliphatic carbocycles. The zero-order chi connectivity index (χ0) is 24.6. The molecule has 1 amide bonds. The summed E-state index contributed by atoms with van der Waals surface area (Å²) in [4.78, 5) is 15.6. The molecule has 0 fully saturated rings. The van der Waals surface area contributed by atoms with Crippen LogP contribution in [0.2, 0.25) is 0 Å². The quantitative estimate of drug-likeness (QED) is 0.336. The maximum absolute atomic E-state index is 12.0. The lowest BCUT2D eigenvalue weighted by atomic mass is 10.1. The topological polar surface area (TPSA) is 112 Å². The van der Waals surface area contributed by atoms with Gasteiger partial charge in [0.2, 0.25) is 0 Å². The van der Waals surface area contributed by atoms with E-state index in [-0.39, 0.29) is 12.4 Å². The highest BCUT2D eigenvalue weighted by molar-refractivity contribution is 6.11. The lowest BCUT2D eigenvalue weighted by molar-refractivity contribution is -0.0935. The van der Waals surface area contributed by atoms with E-state index in [9.17, 15) is 18.0 Å². The fourth-order valence-electron chi connectivity index (χ4n) is 2.64. The summed E-state index contributed by atoms with van der Waals surface area (Å²) in [7, 11) is 0. The molecule has 1 aromatic carbocycles. The second-order valence-corrected chi connectivity index (χ2v) is 7.27. The number of fused-ring (bicyclic) bond motifs is 1. The first-order chi connectivity index (χ1) is 14.8. The lowest BCUT2D eigenvalue weighted by Crippen LogP contribution is -2.24. The molecule has 2 rings (SSSR count). The summed E-state index contributed by atoms with van der Waals surface area (Å²) in [6.45, 7) is 10.3. The number of aliphatic imine (C=N–C) groups is 1. The van der Waals surface area contributed by atoms with E-state index in [2.05, 4.69) is 11.6 Å². The van der Waals surface area contributed by atoms with Crippen LogP contribution in [0.1, 0.15) is 50.9 Å². The Bertz CT molecular complexity index is 1070. The van der Waals surface area contributed by atoms with Gasteiger partial charge in [0.15, 0.2) is 5.96 Å². The van der Waals surface area contributed by atoms with Crippen molar-refractivity contribution in [2.45, 2.75) is 46.7 Å². The molecular formula is C23H30F3N5O. The van der Waals surface area contributed by atoms with Gasteiger partial charge in [-0.1, -0.05) is 36.4 Å². The predicted octanol–water partition coefficient (Wildman–Crippen LogP) is 5.07. The molecule has 174 valence electrons. The summed E-state index contributed by atoms with van der Waals surface area (Å²) in [5.74, 6) is -0.663. The lowest BCUT2D eigenvalue weighted by Gasteiger charge is -2.10. The van der Waals surface area contributed by atoms with Crippen LogP contribution in [-0.2, 0) is 0 Å². The van der Waals surface area contributed by atoms with Gasteiger partial charge in [0, 0.05) is 28.6 Å². The first-order valence-electron chi connectivity index (χ1n) is 9.83. The van der Waals surface area contributed by atoms with Gasteiger partial charge in [-0.05, 0) is 46.6 Å². The highest BCUT2D eigenvalue weighted by Crippen LogP contribution is 2.28. The number of carbonyl (C=O) groups is 1. The molecule has 9 heteroatoms. The smallest absolute Gasteiger partial charge is 0.402 e. The van der Waals surface area contributed by atoms with Crippen molar-refractivity contribution in [1.29, 1.82) is 0 Å². The summed E-state index contributed by atoms with van der Waals surface area (Å²) in [5, 5.41) is 0.832. The van der Waals surface area contributed by atoms with E-state index < -0.39 is 17.7 Å². The standard InChI is InChI=1S/C14H16N4O.C9H14F3N/c1-3-9(2)18-8-11(13(19)17-14(15)16)10-6-4-5-7-12(10)18;1-6(8(3)13)4-5-7(2)9(10,11)12/h3-8H,1-2H3,(H4,15,16,17,19);2,4-5,13H2,1,3H3/b9-3+;8-6+. The Morgan fingerprint density at radius 1 is 1.12 bits per heavy atom. The summed E-state index contributed by atoms with van der Waals surface area (Å²) >= 11 is 0. The van der Waals surface area contributed by atoms with E-state index in [4.69, 9.17) is 17.2 Å². The Labute approximate surface area is 186 Å². The molecule has 0 saturated carbocycles. The van der Waals surface area contributed by atoms with Crippen molar-refractivity contribution in [3.05, 3.63) is 65.5 Å². The molecule has 0 spiro atoms. The maximum Gasteiger partial charge on any atom is 0.412 e. The number of carbonyl (C=O) groups excluding carboxylic acids is 1. The number of nitrogens with two attached hydrogens (primary N) is 3. The van der Waals surface area contributed by atoms with E-state index >= 15 is 0 Å². The third-order valence-corrected chi connectivity index (χ3v) is 4.85. The van der Waals surface area contributed by atoms with E-state index in [0.29, 0.717) is 17.7 Å². The predicted molar refractivity (Wildman–Crippen MR) is 125 cm³/mol. The number of allylic oxidation sites excluding steroid dienone is 5. The second-order valence-electron chi connectivity index (χ2n) is 7.27. The Morgan fingerprint density at radius 2 is 1.72 bits per heavy atom. The summed E-state index contributed by atoms with van der Waals surface area (Å²) < 4.78 is 37.8. The number of halogens is 3. The number of benzene rings is 1. The number of hydrogen-bond acceptors (Lipinski definition) is 2. The molecule has 32 heavy (non-hydrogen) atoms. The van der Waals surface area contributed by atoms with E-state index in [0.717, 1.165) is 22.2 Å². The number of nitrogens with zero attached hydrogens (tertiary/aromatic N) is 2. The van der Waals surface area contributed by atoms with Gasteiger partial charge in [-0.2, -0.15) is 18.2 Å². The number of rotatable bonds is 5. The third kappa shape index (κ3) is 7.33. The summed E-state index contributed by atoms with van der Waals surface area (Å²) in [6, 6.07) is 7.64. The van der Waals surface area contributed by atoms with Gasteiger partial charge in [-0.3, -0.25) is 4.79 Å². The van der Waals surface area contributed by atoms with Crippen molar-refractivity contribution in [1.82, 2.24) is 4.57 Å². The van der Waals surface area contributed by atoms with Crippen LogP contribution in [0.3, 0.4) is 0 Å². The van der Waals surface area contributed by atoms with Crippen LogP contribution in [0, 0.1) is 0 Å². The maximum atomic E-state index is 12.0. The average Bonchev–Trinajstić information content (AvgIpc) is 3.10. The highest BCUT2D eigenvalue weighted by Gasteiger charge is 2.31. The van der Waals surface area contributed by atoms with Gasteiger partial charge in [-0.25, -0.2) is 0 Å². The van der Waals surface area contributed by atoms with E-state index in [1.54, 1.807) is 20.0 Å². The van der Waals surface area contributed by atoms with Crippen LogP contribution in [0.4, 0.5) is 13.2 Å². The SMILES string of the molecule is C/C=C(\C)n1cc(C(=O)N=C(N)N)c2ccccc21.C=C(CC/C(C)=C(\C)N)C(F)(F)F. The molecule has 2 aromatic rings. The fraction of sp³-hybridized carbons (Fsp3) is 0.304. The minimum Gasteiger partial charge on any atom is -0.402 e. The number of alkyl halides is 3. The van der Waals surface area contributed by atoms with Crippen LogP contribution < -0.4 is 17.2 Å². The largest absolute Gasteiger partial charge is 0.412 e. The van der Waals surface area contributed by atoms with Crippen molar-refractivity contribution in [2.24, 2.45) is 22.2 Å². The van der Waals surface area contributed by atoms with Crippen LogP contribution in [0.15, 0.2) is 65.0 Å². The summed E-state index contributed by atoms with van der Waals surface area (Å²) in [5.41, 5.74) is 19.0. The zero-order valence-corrected chi connectivity index (χ0v) is 18.8. The molecule has 0 aliphatic rings. The molecule has 0 bridgehead atoms. The molecule has 6 nitrogen and oxygen atoms in total. The van der Waals surface area contributed by atoms with Gasteiger partial charge < -0.3 is 21.8 Å². The fourth-order valence-corrected chi connectivity index (χ4v) is 2.64. The second kappa shape index (κ2) is 11.2. The number of guanidine groups is 1. The van der Waals surface area contributed by atoms with E-state index in [1.807, 2.05) is 48.8 Å². The molecule has 1 heterocycles. The number of hydrogen-bond donors (Lipinski definition) is 3. The van der Waals surface area contributed by atoms with Crippen molar-refractivity contribution < 1.29 is 18.0 Å². The summed E-state index contributed by atoms with van der Waals surface area (Å²) in [6.07, 6.45) is -0.302. The van der Waals surface area contributed by atoms with Crippen molar-refractivity contribution in [3.63, 3.8) is 0 Å². The zero-order valence-electron chi connectivity index (χ0n) is 18.8. The van der Waals surface area contributed by atoms with Crippen molar-refractivity contribution >= 4 is 28.5 Å². The Morgan fingerprint density at radius 3 is 2.22 bits per heavy atom. The Hall–Kier alpha value is -3.49. The van der Waals surface area contributed by atoms with Gasteiger partial charge in [0.25, 0.3) is 5.91 Å².